The molecule has 56 heavy (non-hydrogen) atoms. The van der Waals surface area contributed by atoms with Crippen molar-refractivity contribution >= 4 is 94.2 Å². The van der Waals surface area contributed by atoms with E-state index in [2.05, 4.69) is 220 Å². The maximum atomic E-state index is 6.45. The molecule has 2 heterocycles. The van der Waals surface area contributed by atoms with Gasteiger partial charge in [-0.25, -0.2) is 0 Å². The summed E-state index contributed by atoms with van der Waals surface area (Å²) in [7, 11) is 0. The maximum absolute atomic E-state index is 6.45. The van der Waals surface area contributed by atoms with Crippen molar-refractivity contribution < 1.29 is 4.42 Å². The zero-order chi connectivity index (χ0) is 37.2. The van der Waals surface area contributed by atoms with Crippen LogP contribution in [-0.2, 0) is 0 Å². The van der Waals surface area contributed by atoms with Crippen LogP contribution in [0.1, 0.15) is 0 Å². The second kappa shape index (κ2) is 13.3. The van der Waals surface area contributed by atoms with Gasteiger partial charge in [-0.05, 0) is 117 Å². The van der Waals surface area contributed by atoms with Gasteiger partial charge < -0.3 is 13.9 Å². The summed E-state index contributed by atoms with van der Waals surface area (Å²) in [5, 5.41) is 7.23. The third-order valence-electron chi connectivity index (χ3n) is 11.0. The number of halogens is 1. The van der Waals surface area contributed by atoms with Gasteiger partial charge in [-0.3, -0.25) is 0 Å². The molecule has 0 aliphatic heterocycles. The highest BCUT2D eigenvalue weighted by atomic mass is 127. The predicted octanol–water partition coefficient (Wildman–Crippen LogP) is 15.2. The number of furan rings is 1. The van der Waals surface area contributed by atoms with Crippen molar-refractivity contribution in [3.8, 4) is 27.9 Å². The molecule has 0 saturated carbocycles. The van der Waals surface area contributed by atoms with Crippen LogP contribution in [0.25, 0.3) is 82.5 Å². The van der Waals surface area contributed by atoms with Crippen LogP contribution in [0, 0.1) is 3.57 Å². The summed E-state index contributed by atoms with van der Waals surface area (Å²) in [5.74, 6) is 0. The van der Waals surface area contributed by atoms with Crippen molar-refractivity contribution in [3.05, 3.63) is 204 Å². The summed E-state index contributed by atoms with van der Waals surface area (Å²) in [4.78, 5) is 2.39. The van der Waals surface area contributed by atoms with E-state index in [4.69, 9.17) is 4.42 Å². The van der Waals surface area contributed by atoms with Gasteiger partial charge in [-0.2, -0.15) is 0 Å². The fourth-order valence-electron chi connectivity index (χ4n) is 8.41. The van der Waals surface area contributed by atoms with Gasteiger partial charge in [0.05, 0.1) is 22.4 Å². The van der Waals surface area contributed by atoms with E-state index >= 15 is 0 Å². The Labute approximate surface area is 337 Å². The lowest BCUT2D eigenvalue weighted by molar-refractivity contribution is 0.670. The van der Waals surface area contributed by atoms with Crippen molar-refractivity contribution in [1.82, 2.24) is 4.57 Å². The number of para-hydroxylation sites is 5. The lowest BCUT2D eigenvalue weighted by Crippen LogP contribution is -2.13. The number of anilines is 3. The third-order valence-corrected chi connectivity index (χ3v) is 11.7. The van der Waals surface area contributed by atoms with E-state index in [1.165, 1.54) is 47.3 Å². The second-order valence-electron chi connectivity index (χ2n) is 14.3. The molecule has 11 rings (SSSR count). The Bertz CT molecular complexity index is 3270. The highest BCUT2D eigenvalue weighted by Gasteiger charge is 2.21. The lowest BCUT2D eigenvalue weighted by atomic mass is 10.0. The Morgan fingerprint density at radius 3 is 1.91 bits per heavy atom. The van der Waals surface area contributed by atoms with E-state index in [-0.39, 0.29) is 0 Å². The Hall–Kier alpha value is -6.63. The minimum absolute atomic E-state index is 0.904. The number of rotatable bonds is 6. The van der Waals surface area contributed by atoms with Gasteiger partial charge in [0.25, 0.3) is 0 Å². The van der Waals surface area contributed by atoms with Crippen molar-refractivity contribution in [2.24, 2.45) is 0 Å². The summed E-state index contributed by atoms with van der Waals surface area (Å²) < 4.78 is 10.1. The van der Waals surface area contributed by atoms with Crippen molar-refractivity contribution in [3.63, 3.8) is 0 Å². The Morgan fingerprint density at radius 1 is 0.429 bits per heavy atom. The van der Waals surface area contributed by atoms with Crippen molar-refractivity contribution in [2.75, 3.05) is 4.90 Å². The molecule has 0 spiro atoms. The van der Waals surface area contributed by atoms with Crippen molar-refractivity contribution in [1.29, 1.82) is 0 Å². The molecular weight excluding hydrogens is 795 g/mol. The number of nitrogens with zero attached hydrogens (tertiary/aromatic N) is 2. The van der Waals surface area contributed by atoms with Gasteiger partial charge in [0.1, 0.15) is 11.2 Å². The molecule has 0 amide bonds. The molecule has 4 heteroatoms. The Balaban J connectivity index is 1.09. The summed E-state index contributed by atoms with van der Waals surface area (Å²) in [6.07, 6.45) is 0. The molecule has 0 atom stereocenters. The number of aromatic nitrogens is 1. The SMILES string of the molecule is Ic1ccc2c3ccccc3n(-c3ccccc3N(c3ccc(-c4ccc5ccccc5c4)cc3)c3ccc(-c4cccc5c4oc4ccccc45)cc3)c2c1. The maximum Gasteiger partial charge on any atom is 0.143 e. The Morgan fingerprint density at radius 2 is 1.07 bits per heavy atom. The highest BCUT2D eigenvalue weighted by Crippen LogP contribution is 2.43. The van der Waals surface area contributed by atoms with Gasteiger partial charge in [0.15, 0.2) is 0 Å². The van der Waals surface area contributed by atoms with Crippen LogP contribution >= 0.6 is 22.6 Å². The topological polar surface area (TPSA) is 21.3 Å². The molecule has 0 unspecified atom stereocenters. The van der Waals surface area contributed by atoms with Gasteiger partial charge in [-0.15, -0.1) is 0 Å². The molecule has 9 aromatic carbocycles. The predicted molar refractivity (Wildman–Crippen MR) is 244 cm³/mol. The normalized spacial score (nSPS) is 11.7. The first-order valence-corrected chi connectivity index (χ1v) is 19.9. The lowest BCUT2D eigenvalue weighted by Gasteiger charge is -2.28. The molecule has 0 aliphatic carbocycles. The number of fused-ring (bicyclic) bond motifs is 7. The molecule has 0 N–H and O–H groups in total. The van der Waals surface area contributed by atoms with Crippen LogP contribution < -0.4 is 4.90 Å². The van der Waals surface area contributed by atoms with Gasteiger partial charge in [0.2, 0.25) is 0 Å². The van der Waals surface area contributed by atoms with Crippen LogP contribution in [-0.4, -0.2) is 4.57 Å². The van der Waals surface area contributed by atoms with Crippen LogP contribution in [0.4, 0.5) is 17.1 Å². The first-order valence-electron chi connectivity index (χ1n) is 18.9. The molecular formula is C52H33IN2O. The number of hydrogen-bond acceptors (Lipinski definition) is 2. The molecule has 0 radical (unpaired) electrons. The summed E-state index contributed by atoms with van der Waals surface area (Å²) in [6, 6.07) is 72.1. The zero-order valence-electron chi connectivity index (χ0n) is 30.2. The minimum Gasteiger partial charge on any atom is -0.455 e. The summed E-state index contributed by atoms with van der Waals surface area (Å²) >= 11 is 2.43. The van der Waals surface area contributed by atoms with Crippen LogP contribution in [0.3, 0.4) is 0 Å². The largest absolute Gasteiger partial charge is 0.455 e. The van der Waals surface area contributed by atoms with Crippen LogP contribution in [0.2, 0.25) is 0 Å². The molecule has 0 saturated heterocycles. The number of benzene rings is 9. The number of hydrogen-bond donors (Lipinski definition) is 0. The molecule has 2 aromatic heterocycles. The zero-order valence-corrected chi connectivity index (χ0v) is 32.4. The average molecular weight is 829 g/mol. The fraction of sp³-hybridized carbons (Fsp3) is 0. The third kappa shape index (κ3) is 5.40. The highest BCUT2D eigenvalue weighted by molar-refractivity contribution is 14.1. The smallest absolute Gasteiger partial charge is 0.143 e. The van der Waals surface area contributed by atoms with E-state index < -0.39 is 0 Å². The summed E-state index contributed by atoms with van der Waals surface area (Å²) in [5.41, 5.74) is 13.1. The van der Waals surface area contributed by atoms with Crippen LogP contribution in [0.5, 0.6) is 0 Å². The average Bonchev–Trinajstić information content (AvgIpc) is 3.80. The quantitative estimate of drug-likeness (QED) is 0.156. The first-order chi connectivity index (χ1) is 27.7. The van der Waals surface area contributed by atoms with Crippen LogP contribution in [0.15, 0.2) is 205 Å². The molecule has 3 nitrogen and oxygen atoms in total. The minimum atomic E-state index is 0.904. The summed E-state index contributed by atoms with van der Waals surface area (Å²) in [6.45, 7) is 0. The van der Waals surface area contributed by atoms with Crippen molar-refractivity contribution in [2.45, 2.75) is 0 Å². The molecule has 11 aromatic rings. The van der Waals surface area contributed by atoms with E-state index in [9.17, 15) is 0 Å². The Kier molecular flexibility index (Phi) is 7.78. The van der Waals surface area contributed by atoms with E-state index in [0.717, 1.165) is 55.8 Å². The van der Waals surface area contributed by atoms with E-state index in [0.29, 0.717) is 0 Å². The second-order valence-corrected chi connectivity index (χ2v) is 15.5. The molecule has 0 aliphatic rings. The van der Waals surface area contributed by atoms with E-state index in [1.54, 1.807) is 0 Å². The van der Waals surface area contributed by atoms with Gasteiger partial charge in [0, 0.05) is 42.1 Å². The molecule has 264 valence electrons. The standard InChI is InChI=1S/C52H33IN2O/c53-39-26-31-44-43-12-3-5-16-47(43)55(50(44)33-39)49-18-7-6-17-48(49)54(40-27-22-35(23-28-40)38-21-20-34-10-1-2-11-37(34)32-38)41-29-24-36(25-30-41)42-14-9-15-46-45-13-4-8-19-51(45)56-52(42)46/h1-33H. The van der Waals surface area contributed by atoms with Gasteiger partial charge in [-0.1, -0.05) is 133 Å². The first kappa shape index (κ1) is 32.8. The fourth-order valence-corrected chi connectivity index (χ4v) is 8.88. The molecule has 0 bridgehead atoms. The molecule has 0 fully saturated rings. The van der Waals surface area contributed by atoms with E-state index in [1.807, 2.05) is 12.1 Å². The van der Waals surface area contributed by atoms with Gasteiger partial charge >= 0.3 is 0 Å². The monoisotopic (exact) mass is 828 g/mol.